The molecule has 8 heteroatoms. The van der Waals surface area contributed by atoms with Crippen LogP contribution in [-0.4, -0.2) is 35.3 Å². The van der Waals surface area contributed by atoms with E-state index in [4.69, 9.17) is 23.2 Å². The van der Waals surface area contributed by atoms with Gasteiger partial charge < -0.3 is 10.1 Å². The number of hydrogen-bond acceptors (Lipinski definition) is 4. The van der Waals surface area contributed by atoms with Crippen molar-refractivity contribution in [3.63, 3.8) is 0 Å². The Morgan fingerprint density at radius 2 is 2.14 bits per heavy atom. The molecule has 1 amide bonds. The van der Waals surface area contributed by atoms with Crippen LogP contribution in [0.15, 0.2) is 30.6 Å². The second kappa shape index (κ2) is 7.29. The van der Waals surface area contributed by atoms with Crippen LogP contribution in [0.3, 0.4) is 0 Å². The number of amides is 1. The molecule has 0 fully saturated rings. The van der Waals surface area contributed by atoms with Crippen molar-refractivity contribution >= 4 is 35.1 Å². The molecule has 0 atom stereocenters. The van der Waals surface area contributed by atoms with Gasteiger partial charge in [-0.25, -0.2) is 4.68 Å². The van der Waals surface area contributed by atoms with Gasteiger partial charge in [-0.1, -0.05) is 23.2 Å². The number of esters is 1. The van der Waals surface area contributed by atoms with E-state index in [1.807, 2.05) is 0 Å². The van der Waals surface area contributed by atoms with E-state index in [2.05, 4.69) is 15.2 Å². The molecule has 0 unspecified atom stereocenters. The molecule has 6 nitrogen and oxygen atoms in total. The first-order valence-corrected chi connectivity index (χ1v) is 7.12. The van der Waals surface area contributed by atoms with Crippen LogP contribution in [0.25, 0.3) is 5.69 Å². The van der Waals surface area contributed by atoms with Gasteiger partial charge >= 0.3 is 5.97 Å². The average Bonchev–Trinajstić information content (AvgIpc) is 2.96. The van der Waals surface area contributed by atoms with Gasteiger partial charge in [-0.2, -0.15) is 5.10 Å². The van der Waals surface area contributed by atoms with Gasteiger partial charge in [0, 0.05) is 17.8 Å². The summed E-state index contributed by atoms with van der Waals surface area (Å²) >= 11 is 11.9. The summed E-state index contributed by atoms with van der Waals surface area (Å²) in [5, 5.41) is 7.64. The summed E-state index contributed by atoms with van der Waals surface area (Å²) in [6, 6.07) is 4.98. The molecule has 1 N–H and O–H groups in total. The fraction of sp³-hybridized carbons (Fsp3) is 0.214. The Morgan fingerprint density at radius 3 is 2.82 bits per heavy atom. The molecule has 0 radical (unpaired) electrons. The molecule has 0 saturated carbocycles. The zero-order valence-corrected chi connectivity index (χ0v) is 13.2. The molecule has 2 rings (SSSR count). The first-order chi connectivity index (χ1) is 10.5. The van der Waals surface area contributed by atoms with E-state index in [9.17, 15) is 9.59 Å². The molecule has 0 saturated heterocycles. The van der Waals surface area contributed by atoms with Crippen LogP contribution in [0.1, 0.15) is 16.8 Å². The largest absolute Gasteiger partial charge is 0.469 e. The molecule has 0 aliphatic heterocycles. The predicted octanol–water partition coefficient (Wildman–Crippen LogP) is 2.47. The first kappa shape index (κ1) is 16.3. The number of carbonyl (C=O) groups excluding carboxylic acids is 2. The zero-order valence-electron chi connectivity index (χ0n) is 11.7. The lowest BCUT2D eigenvalue weighted by atomic mass is 10.3. The van der Waals surface area contributed by atoms with Gasteiger partial charge in [0.2, 0.25) is 0 Å². The van der Waals surface area contributed by atoms with Crippen molar-refractivity contribution < 1.29 is 14.3 Å². The van der Waals surface area contributed by atoms with Crippen molar-refractivity contribution in [2.75, 3.05) is 13.7 Å². The molecule has 1 aromatic heterocycles. The number of halogens is 2. The Bertz CT molecular complexity index is 700. The molecule has 0 aliphatic rings. The molecule has 0 spiro atoms. The number of benzene rings is 1. The van der Waals surface area contributed by atoms with Gasteiger partial charge in [0.1, 0.15) is 0 Å². The minimum absolute atomic E-state index is 0.111. The molecular formula is C14H13Cl2N3O3. The molecule has 0 aliphatic carbocycles. The lowest BCUT2D eigenvalue weighted by molar-refractivity contribution is -0.140. The molecule has 0 bridgehead atoms. The molecule has 116 valence electrons. The second-order valence-corrected chi connectivity index (χ2v) is 5.19. The topological polar surface area (TPSA) is 73.2 Å². The van der Waals surface area contributed by atoms with E-state index in [1.165, 1.54) is 18.0 Å². The van der Waals surface area contributed by atoms with Crippen molar-refractivity contribution in [2.45, 2.75) is 6.42 Å². The van der Waals surface area contributed by atoms with Crippen LogP contribution in [-0.2, 0) is 9.53 Å². The Hall–Kier alpha value is -2.05. The maximum atomic E-state index is 11.9. The van der Waals surface area contributed by atoms with E-state index in [0.29, 0.717) is 21.3 Å². The fourth-order valence-corrected chi connectivity index (χ4v) is 2.22. The summed E-state index contributed by atoms with van der Waals surface area (Å²) in [5.74, 6) is -0.718. The number of rotatable bonds is 5. The Kier molecular flexibility index (Phi) is 5.41. The highest BCUT2D eigenvalue weighted by Gasteiger charge is 2.11. The first-order valence-electron chi connectivity index (χ1n) is 6.36. The van der Waals surface area contributed by atoms with Crippen molar-refractivity contribution in [1.29, 1.82) is 0 Å². The van der Waals surface area contributed by atoms with E-state index >= 15 is 0 Å². The quantitative estimate of drug-likeness (QED) is 0.848. The van der Waals surface area contributed by atoms with Crippen LogP contribution < -0.4 is 5.32 Å². The summed E-state index contributed by atoms with van der Waals surface area (Å²) in [6.45, 7) is 0.193. The molecule has 2 aromatic rings. The third-order valence-electron chi connectivity index (χ3n) is 2.84. The minimum Gasteiger partial charge on any atom is -0.469 e. The summed E-state index contributed by atoms with van der Waals surface area (Å²) in [7, 11) is 1.30. The highest BCUT2D eigenvalue weighted by atomic mass is 35.5. The van der Waals surface area contributed by atoms with Crippen LogP contribution in [0.2, 0.25) is 10.0 Å². The molecule has 22 heavy (non-hydrogen) atoms. The number of hydrogen-bond donors (Lipinski definition) is 1. The molecule has 1 heterocycles. The minimum atomic E-state index is -0.385. The van der Waals surface area contributed by atoms with Crippen LogP contribution in [0, 0.1) is 0 Å². The standard InChI is InChI=1S/C14H13Cl2N3O3/c1-22-13(20)4-5-17-14(21)9-7-18-19(8-9)12-3-2-10(15)6-11(12)16/h2-3,6-8H,4-5H2,1H3,(H,17,21). The fourth-order valence-electron chi connectivity index (χ4n) is 1.72. The maximum Gasteiger partial charge on any atom is 0.307 e. The molecule has 1 aromatic carbocycles. The number of nitrogens with one attached hydrogen (secondary N) is 1. The van der Waals surface area contributed by atoms with Crippen molar-refractivity contribution in [1.82, 2.24) is 15.1 Å². The van der Waals surface area contributed by atoms with E-state index < -0.39 is 0 Å². The zero-order chi connectivity index (χ0) is 16.1. The van der Waals surface area contributed by atoms with Crippen molar-refractivity contribution in [3.05, 3.63) is 46.2 Å². The number of methoxy groups -OCH3 is 1. The normalized spacial score (nSPS) is 10.3. The summed E-state index contributed by atoms with van der Waals surface area (Å²) in [4.78, 5) is 22.9. The van der Waals surface area contributed by atoms with Gasteiger partial charge in [0.25, 0.3) is 5.91 Å². The van der Waals surface area contributed by atoms with Gasteiger partial charge in [0.15, 0.2) is 0 Å². The summed E-state index contributed by atoms with van der Waals surface area (Å²) in [5.41, 5.74) is 0.968. The number of ether oxygens (including phenoxy) is 1. The van der Waals surface area contributed by atoms with Crippen LogP contribution in [0.4, 0.5) is 0 Å². The second-order valence-electron chi connectivity index (χ2n) is 4.35. The number of carbonyl (C=O) groups is 2. The van der Waals surface area contributed by atoms with Crippen molar-refractivity contribution in [3.8, 4) is 5.69 Å². The summed E-state index contributed by atoms with van der Waals surface area (Å²) in [6.07, 6.45) is 3.07. The summed E-state index contributed by atoms with van der Waals surface area (Å²) < 4.78 is 5.97. The smallest absolute Gasteiger partial charge is 0.307 e. The predicted molar refractivity (Wildman–Crippen MR) is 82.6 cm³/mol. The Balaban J connectivity index is 2.04. The number of aromatic nitrogens is 2. The lowest BCUT2D eigenvalue weighted by Crippen LogP contribution is -2.26. The Labute approximate surface area is 137 Å². The third-order valence-corrected chi connectivity index (χ3v) is 3.38. The van der Waals surface area contributed by atoms with Crippen molar-refractivity contribution in [2.24, 2.45) is 0 Å². The monoisotopic (exact) mass is 341 g/mol. The van der Waals surface area contributed by atoms with E-state index in [1.54, 1.807) is 24.4 Å². The molecular weight excluding hydrogens is 329 g/mol. The van der Waals surface area contributed by atoms with Gasteiger partial charge in [-0.05, 0) is 18.2 Å². The lowest BCUT2D eigenvalue weighted by Gasteiger charge is -2.04. The third kappa shape index (κ3) is 3.99. The van der Waals surface area contributed by atoms with Crippen LogP contribution >= 0.6 is 23.2 Å². The highest BCUT2D eigenvalue weighted by molar-refractivity contribution is 6.35. The van der Waals surface area contributed by atoms with Gasteiger partial charge in [-0.15, -0.1) is 0 Å². The average molecular weight is 342 g/mol. The SMILES string of the molecule is COC(=O)CCNC(=O)c1cnn(-c2ccc(Cl)cc2Cl)c1. The van der Waals surface area contributed by atoms with Gasteiger partial charge in [0.05, 0.1) is 36.0 Å². The number of nitrogens with zero attached hydrogens (tertiary/aromatic N) is 2. The van der Waals surface area contributed by atoms with E-state index in [-0.39, 0.29) is 24.8 Å². The maximum absolute atomic E-state index is 11.9. The van der Waals surface area contributed by atoms with E-state index in [0.717, 1.165) is 0 Å². The van der Waals surface area contributed by atoms with Crippen LogP contribution in [0.5, 0.6) is 0 Å². The highest BCUT2D eigenvalue weighted by Crippen LogP contribution is 2.24. The van der Waals surface area contributed by atoms with Gasteiger partial charge in [-0.3, -0.25) is 9.59 Å². The Morgan fingerprint density at radius 1 is 1.36 bits per heavy atom.